The number of carbonyl (C=O) groups excluding carboxylic acids is 3. The number of aliphatic hydroxyl groups is 1. The molecule has 1 aromatic carbocycles. The van der Waals surface area contributed by atoms with Crippen molar-refractivity contribution in [2.45, 2.75) is 68.4 Å². The number of hydrogen-bond donors (Lipinski definition) is 3. The Morgan fingerprint density at radius 3 is 2.56 bits per heavy atom. The molecule has 3 aliphatic rings. The van der Waals surface area contributed by atoms with E-state index in [-0.39, 0.29) is 35.2 Å². The van der Waals surface area contributed by atoms with Gasteiger partial charge in [0.1, 0.15) is 11.6 Å². The van der Waals surface area contributed by atoms with Crippen molar-refractivity contribution < 1.29 is 24.2 Å². The van der Waals surface area contributed by atoms with Crippen LogP contribution in [0.4, 0.5) is 0 Å². The highest BCUT2D eigenvalue weighted by atomic mass is 79.9. The third kappa shape index (κ3) is 3.64. The van der Waals surface area contributed by atoms with E-state index in [9.17, 15) is 19.5 Å². The summed E-state index contributed by atoms with van der Waals surface area (Å²) in [6, 6.07) is 7.95. The normalized spacial score (nSPS) is 34.0. The monoisotopic (exact) mass is 507 g/mol. The quantitative estimate of drug-likeness (QED) is 0.476. The highest BCUT2D eigenvalue weighted by Crippen LogP contribution is 2.60. The van der Waals surface area contributed by atoms with Crippen LogP contribution in [-0.2, 0) is 25.7 Å². The lowest BCUT2D eigenvalue weighted by Gasteiger charge is -2.36. The van der Waals surface area contributed by atoms with Gasteiger partial charge in [0.05, 0.1) is 30.6 Å². The molecule has 2 bridgehead atoms. The number of alkyl halides is 1. The lowest BCUT2D eigenvalue weighted by atomic mass is 9.70. The molecule has 1 spiro atoms. The van der Waals surface area contributed by atoms with Gasteiger partial charge in [0.15, 0.2) is 0 Å². The molecule has 3 amide bonds. The van der Waals surface area contributed by atoms with Gasteiger partial charge in [0.25, 0.3) is 0 Å². The molecule has 9 heteroatoms. The maximum atomic E-state index is 13.6. The highest BCUT2D eigenvalue weighted by molar-refractivity contribution is 9.09. The zero-order valence-corrected chi connectivity index (χ0v) is 20.0. The van der Waals surface area contributed by atoms with E-state index in [1.54, 1.807) is 6.92 Å². The topological polar surface area (TPSA) is 108 Å². The molecule has 3 heterocycles. The molecule has 1 aromatic rings. The molecule has 3 N–H and O–H groups in total. The number of nitrogens with one attached hydrogen (secondary N) is 2. The molecule has 3 saturated heterocycles. The van der Waals surface area contributed by atoms with Crippen LogP contribution in [0, 0.1) is 11.8 Å². The van der Waals surface area contributed by atoms with Gasteiger partial charge in [0.2, 0.25) is 17.7 Å². The summed E-state index contributed by atoms with van der Waals surface area (Å²) in [5, 5.41) is 15.7. The number of ether oxygens (including phenoxy) is 1. The molecule has 0 aromatic heterocycles. The van der Waals surface area contributed by atoms with Crippen molar-refractivity contribution in [3.63, 3.8) is 0 Å². The number of likely N-dealkylation sites (tertiary alicyclic amines) is 1. The SMILES string of the molecule is CC(C)NC(=O)C1N([C@H](C)CO)C(=O)[C@@H]2[C@@H](C(=O)NCc3ccccc3)[C@@H]3OC12CC3Br. The molecule has 3 unspecified atom stereocenters. The first-order valence-electron chi connectivity index (χ1n) is 11.1. The second kappa shape index (κ2) is 8.76. The molecule has 8 nitrogen and oxygen atoms in total. The lowest BCUT2D eigenvalue weighted by Crippen LogP contribution is -2.58. The predicted octanol–water partition coefficient (Wildman–Crippen LogP) is 0.956. The van der Waals surface area contributed by atoms with E-state index in [0.717, 1.165) is 5.56 Å². The van der Waals surface area contributed by atoms with Crippen LogP contribution in [0.3, 0.4) is 0 Å². The van der Waals surface area contributed by atoms with Gasteiger partial charge in [-0.25, -0.2) is 0 Å². The number of fused-ring (bicyclic) bond motifs is 1. The Bertz CT molecular complexity index is 897. The molecule has 0 radical (unpaired) electrons. The van der Waals surface area contributed by atoms with Crippen LogP contribution in [0.25, 0.3) is 0 Å². The van der Waals surface area contributed by atoms with Crippen LogP contribution in [-0.4, -0.2) is 69.0 Å². The number of rotatable bonds is 7. The largest absolute Gasteiger partial charge is 0.394 e. The fourth-order valence-corrected chi connectivity index (χ4v) is 6.44. The molecule has 174 valence electrons. The number of nitrogens with zero attached hydrogens (tertiary/aromatic N) is 1. The molecule has 0 aliphatic carbocycles. The summed E-state index contributed by atoms with van der Waals surface area (Å²) in [4.78, 5) is 41.5. The fourth-order valence-electron chi connectivity index (χ4n) is 5.50. The van der Waals surface area contributed by atoms with E-state index in [1.165, 1.54) is 4.90 Å². The molecule has 3 fully saturated rings. The molecule has 0 saturated carbocycles. The van der Waals surface area contributed by atoms with Crippen molar-refractivity contribution in [3.05, 3.63) is 35.9 Å². The van der Waals surface area contributed by atoms with Crippen LogP contribution in [0.5, 0.6) is 0 Å². The zero-order valence-electron chi connectivity index (χ0n) is 18.5. The van der Waals surface area contributed by atoms with Gasteiger partial charge in [-0.15, -0.1) is 0 Å². The standard InChI is InChI=1S/C23H30BrN3O5/c1-12(2)26-21(30)19-23-9-15(24)18(32-23)16(17(23)22(31)27(19)13(3)11-28)20(29)25-10-14-7-5-4-6-8-14/h4-8,12-13,15-19,28H,9-11H2,1-3H3,(H,25,29)(H,26,30)/t13-,15?,16-,17+,18-,19?,23?/m1/s1. The fraction of sp³-hybridized carbons (Fsp3) is 0.609. The van der Waals surface area contributed by atoms with Crippen LogP contribution >= 0.6 is 15.9 Å². The Kier molecular flexibility index (Phi) is 6.35. The minimum atomic E-state index is -1.10. The zero-order chi connectivity index (χ0) is 23.2. The van der Waals surface area contributed by atoms with E-state index < -0.39 is 35.6 Å². The number of halogens is 1. The first-order chi connectivity index (χ1) is 15.2. The number of aliphatic hydroxyl groups excluding tert-OH is 1. The van der Waals surface area contributed by atoms with Crippen LogP contribution < -0.4 is 10.6 Å². The number of carbonyl (C=O) groups is 3. The Morgan fingerprint density at radius 1 is 1.25 bits per heavy atom. The summed E-state index contributed by atoms with van der Waals surface area (Å²) < 4.78 is 6.38. The summed E-state index contributed by atoms with van der Waals surface area (Å²) in [5.41, 5.74) is -0.148. The van der Waals surface area contributed by atoms with E-state index in [2.05, 4.69) is 26.6 Å². The molecule has 4 rings (SSSR count). The van der Waals surface area contributed by atoms with Crippen molar-refractivity contribution in [1.82, 2.24) is 15.5 Å². The smallest absolute Gasteiger partial charge is 0.246 e. The summed E-state index contributed by atoms with van der Waals surface area (Å²) in [6.45, 7) is 5.46. The maximum Gasteiger partial charge on any atom is 0.246 e. The van der Waals surface area contributed by atoms with Gasteiger partial charge in [-0.3, -0.25) is 14.4 Å². The van der Waals surface area contributed by atoms with Crippen LogP contribution in [0.15, 0.2) is 30.3 Å². The third-order valence-electron chi connectivity index (χ3n) is 6.76. The Labute approximate surface area is 196 Å². The van der Waals surface area contributed by atoms with Crippen molar-refractivity contribution in [1.29, 1.82) is 0 Å². The summed E-state index contributed by atoms with van der Waals surface area (Å²) in [5.74, 6) is -2.37. The van der Waals surface area contributed by atoms with Crippen LogP contribution in [0.2, 0.25) is 0 Å². The van der Waals surface area contributed by atoms with Crippen molar-refractivity contribution in [3.8, 4) is 0 Å². The van der Waals surface area contributed by atoms with Gasteiger partial charge in [-0.1, -0.05) is 46.3 Å². The van der Waals surface area contributed by atoms with Gasteiger partial charge < -0.3 is 25.4 Å². The van der Waals surface area contributed by atoms with Crippen molar-refractivity contribution in [2.75, 3.05) is 6.61 Å². The predicted molar refractivity (Wildman–Crippen MR) is 121 cm³/mol. The Balaban J connectivity index is 1.66. The van der Waals surface area contributed by atoms with Gasteiger partial charge >= 0.3 is 0 Å². The highest BCUT2D eigenvalue weighted by Gasteiger charge is 2.76. The second-order valence-corrected chi connectivity index (χ2v) is 10.5. The maximum absolute atomic E-state index is 13.6. The number of hydrogen-bond acceptors (Lipinski definition) is 5. The molecular formula is C23H30BrN3O5. The van der Waals surface area contributed by atoms with E-state index in [4.69, 9.17) is 4.74 Å². The van der Waals surface area contributed by atoms with Gasteiger partial charge in [-0.2, -0.15) is 0 Å². The summed E-state index contributed by atoms with van der Waals surface area (Å²) in [7, 11) is 0. The van der Waals surface area contributed by atoms with E-state index >= 15 is 0 Å². The average Bonchev–Trinajstić information content (AvgIpc) is 3.35. The average molecular weight is 508 g/mol. The number of amides is 3. The van der Waals surface area contributed by atoms with Gasteiger partial charge in [0, 0.05) is 17.4 Å². The first kappa shape index (κ1) is 23.2. The Hall–Kier alpha value is -1.97. The summed E-state index contributed by atoms with van der Waals surface area (Å²) >= 11 is 3.64. The molecule has 32 heavy (non-hydrogen) atoms. The molecule has 7 atom stereocenters. The van der Waals surface area contributed by atoms with Gasteiger partial charge in [-0.05, 0) is 32.8 Å². The van der Waals surface area contributed by atoms with Crippen LogP contribution in [0.1, 0.15) is 32.8 Å². The minimum Gasteiger partial charge on any atom is -0.394 e. The Morgan fingerprint density at radius 2 is 1.94 bits per heavy atom. The lowest BCUT2D eigenvalue weighted by molar-refractivity contribution is -0.145. The van der Waals surface area contributed by atoms with Crippen molar-refractivity contribution in [2.24, 2.45) is 11.8 Å². The third-order valence-corrected chi connectivity index (χ3v) is 7.60. The first-order valence-corrected chi connectivity index (χ1v) is 12.0. The van der Waals surface area contributed by atoms with E-state index in [0.29, 0.717) is 13.0 Å². The number of benzene rings is 1. The minimum absolute atomic E-state index is 0.123. The second-order valence-electron chi connectivity index (χ2n) is 9.31. The summed E-state index contributed by atoms with van der Waals surface area (Å²) in [6.07, 6.45) is -0.0536. The van der Waals surface area contributed by atoms with Crippen molar-refractivity contribution >= 4 is 33.7 Å². The molecule has 3 aliphatic heterocycles. The molecular weight excluding hydrogens is 478 g/mol. The van der Waals surface area contributed by atoms with E-state index in [1.807, 2.05) is 44.2 Å².